The molecule has 20 heavy (non-hydrogen) atoms. The number of ketones is 1. The van der Waals surface area contributed by atoms with Crippen molar-refractivity contribution >= 4 is 15.8 Å². The van der Waals surface area contributed by atoms with Crippen LogP contribution in [0, 0.1) is 0 Å². The van der Waals surface area contributed by atoms with Gasteiger partial charge in [0.1, 0.15) is 0 Å². The molecule has 0 amide bonds. The molecular weight excluding hydrogens is 280 g/mol. The lowest BCUT2D eigenvalue weighted by atomic mass is 10.2. The van der Waals surface area contributed by atoms with Crippen LogP contribution in [0.25, 0.3) is 0 Å². The summed E-state index contributed by atoms with van der Waals surface area (Å²) in [6, 6.07) is 5.44. The molecule has 2 N–H and O–H groups in total. The first-order valence-corrected chi connectivity index (χ1v) is 7.76. The number of rotatable bonds is 4. The summed E-state index contributed by atoms with van der Waals surface area (Å²) < 4.78 is 26.2. The van der Waals surface area contributed by atoms with Crippen molar-refractivity contribution in [2.75, 3.05) is 20.1 Å². The molecule has 0 saturated carbocycles. The summed E-state index contributed by atoms with van der Waals surface area (Å²) in [5.74, 6) is -0.188. The van der Waals surface area contributed by atoms with Gasteiger partial charge in [-0.2, -0.15) is 4.31 Å². The Bertz CT molecular complexity index is 615. The van der Waals surface area contributed by atoms with Gasteiger partial charge in [-0.1, -0.05) is 12.1 Å². The monoisotopic (exact) mass is 298 g/mol. The summed E-state index contributed by atoms with van der Waals surface area (Å²) in [5.41, 5.74) is 0.351. The second-order valence-corrected chi connectivity index (χ2v) is 6.90. The number of sulfonamides is 1. The molecule has 1 aliphatic rings. The lowest BCUT2D eigenvalue weighted by molar-refractivity contribution is 0.101. The molecule has 1 saturated heterocycles. The third-order valence-electron chi connectivity index (χ3n) is 3.54. The fraction of sp³-hybridized carbons (Fsp3) is 0.462. The minimum Gasteiger partial charge on any atom is -0.390 e. The summed E-state index contributed by atoms with van der Waals surface area (Å²) >= 11 is 0. The molecule has 0 radical (unpaired) electrons. The number of Topliss-reactive ketones (excluding diaryl/α,β-unsaturated/α-hetero) is 1. The highest BCUT2D eigenvalue weighted by Crippen LogP contribution is 2.20. The van der Waals surface area contributed by atoms with Crippen molar-refractivity contribution in [2.24, 2.45) is 0 Å². The summed E-state index contributed by atoms with van der Waals surface area (Å²) in [4.78, 5) is 11.4. The molecule has 6 nitrogen and oxygen atoms in total. The first-order chi connectivity index (χ1) is 9.34. The van der Waals surface area contributed by atoms with Crippen LogP contribution in [0.5, 0.6) is 0 Å². The molecule has 110 valence electrons. The second-order valence-electron chi connectivity index (χ2n) is 4.90. The predicted molar refractivity (Wildman–Crippen MR) is 74.1 cm³/mol. The molecule has 7 heteroatoms. The van der Waals surface area contributed by atoms with Crippen molar-refractivity contribution in [1.82, 2.24) is 9.62 Å². The van der Waals surface area contributed by atoms with E-state index in [0.717, 1.165) is 4.31 Å². The highest BCUT2D eigenvalue weighted by Gasteiger charge is 2.35. The first kappa shape index (κ1) is 15.1. The number of hydrogen-bond donors (Lipinski definition) is 2. The predicted octanol–water partition coefficient (Wildman–Crippen LogP) is -0.158. The number of β-amino-alcohol motifs (C(OH)–C–C–N with tert-alkyl or cyclic N) is 1. The maximum absolute atomic E-state index is 12.5. The number of hydrogen-bond acceptors (Lipinski definition) is 5. The maximum atomic E-state index is 12.5. The third-order valence-corrected chi connectivity index (χ3v) is 5.41. The van der Waals surface area contributed by atoms with Crippen LogP contribution < -0.4 is 5.32 Å². The number of aliphatic hydroxyl groups is 1. The van der Waals surface area contributed by atoms with Crippen LogP contribution in [0.4, 0.5) is 0 Å². The Kier molecular flexibility index (Phi) is 4.24. The van der Waals surface area contributed by atoms with E-state index in [4.69, 9.17) is 0 Å². The van der Waals surface area contributed by atoms with E-state index >= 15 is 0 Å². The largest absolute Gasteiger partial charge is 0.390 e. The van der Waals surface area contributed by atoms with Crippen molar-refractivity contribution in [3.05, 3.63) is 29.8 Å². The summed E-state index contributed by atoms with van der Waals surface area (Å²) in [7, 11) is -2.29. The van der Waals surface area contributed by atoms with Crippen LogP contribution >= 0.6 is 0 Å². The quantitative estimate of drug-likeness (QED) is 0.755. The Balaban J connectivity index is 2.34. The average molecular weight is 298 g/mol. The van der Waals surface area contributed by atoms with Crippen LogP contribution in [0.15, 0.2) is 29.2 Å². The van der Waals surface area contributed by atoms with Gasteiger partial charge in [0.25, 0.3) is 0 Å². The van der Waals surface area contributed by atoms with Gasteiger partial charge in [0.05, 0.1) is 17.0 Å². The van der Waals surface area contributed by atoms with Crippen LogP contribution in [0.1, 0.15) is 17.3 Å². The van der Waals surface area contributed by atoms with E-state index < -0.39 is 22.2 Å². The zero-order valence-corrected chi connectivity index (χ0v) is 12.2. The van der Waals surface area contributed by atoms with E-state index in [2.05, 4.69) is 5.32 Å². The van der Waals surface area contributed by atoms with Crippen molar-refractivity contribution in [1.29, 1.82) is 0 Å². The van der Waals surface area contributed by atoms with Crippen molar-refractivity contribution in [2.45, 2.75) is 24.0 Å². The zero-order chi connectivity index (χ0) is 14.9. The molecule has 0 aromatic heterocycles. The van der Waals surface area contributed by atoms with Crippen molar-refractivity contribution < 1.29 is 18.3 Å². The molecule has 2 atom stereocenters. The third kappa shape index (κ3) is 2.76. The fourth-order valence-electron chi connectivity index (χ4n) is 2.24. The summed E-state index contributed by atoms with van der Waals surface area (Å²) in [5, 5.41) is 12.7. The highest BCUT2D eigenvalue weighted by molar-refractivity contribution is 7.89. The minimum absolute atomic E-state index is 0.0619. The van der Waals surface area contributed by atoms with Gasteiger partial charge < -0.3 is 10.4 Å². The zero-order valence-electron chi connectivity index (χ0n) is 11.4. The number of nitrogens with one attached hydrogen (secondary N) is 1. The maximum Gasteiger partial charge on any atom is 0.243 e. The molecule has 1 heterocycles. The molecule has 1 aromatic carbocycles. The minimum atomic E-state index is -3.73. The van der Waals surface area contributed by atoms with Gasteiger partial charge in [0.15, 0.2) is 5.78 Å². The lowest BCUT2D eigenvalue weighted by Crippen LogP contribution is -2.44. The normalized spacial score (nSPS) is 23.2. The lowest BCUT2D eigenvalue weighted by Gasteiger charge is -2.25. The topological polar surface area (TPSA) is 86.7 Å². The van der Waals surface area contributed by atoms with E-state index in [0.29, 0.717) is 18.7 Å². The summed E-state index contributed by atoms with van der Waals surface area (Å²) in [6.45, 7) is 2.17. The van der Waals surface area contributed by atoms with Gasteiger partial charge in [-0.15, -0.1) is 0 Å². The van der Waals surface area contributed by atoms with Gasteiger partial charge in [-0.3, -0.25) is 4.79 Å². The Morgan fingerprint density at radius 2 is 2.10 bits per heavy atom. The molecule has 1 aliphatic heterocycles. The van der Waals surface area contributed by atoms with E-state index in [1.165, 1.54) is 26.1 Å². The molecular formula is C13H18N2O4S. The fourth-order valence-corrected chi connectivity index (χ4v) is 3.67. The second kappa shape index (κ2) is 5.61. The molecule has 1 aromatic rings. The van der Waals surface area contributed by atoms with Crippen molar-refractivity contribution in [3.8, 4) is 0 Å². The molecule has 2 rings (SSSR count). The van der Waals surface area contributed by atoms with Crippen LogP contribution in [0.2, 0.25) is 0 Å². The van der Waals surface area contributed by atoms with E-state index in [9.17, 15) is 18.3 Å². The summed E-state index contributed by atoms with van der Waals surface area (Å²) in [6.07, 6.45) is -0.731. The van der Waals surface area contributed by atoms with Gasteiger partial charge >= 0.3 is 0 Å². The Labute approximate surface area is 118 Å². The smallest absolute Gasteiger partial charge is 0.243 e. The molecule has 0 unspecified atom stereocenters. The van der Waals surface area contributed by atoms with Gasteiger partial charge in [0, 0.05) is 25.7 Å². The average Bonchev–Trinajstić information content (AvgIpc) is 2.84. The standard InChI is InChI=1S/C13H18N2O4S/c1-9(16)10-4-3-5-11(6-10)20(18,19)15(2)12-7-14-8-13(12)17/h3-6,12-14,17H,7-8H2,1-2H3/t12-,13-/m0/s1. The Hall–Kier alpha value is -1.28. The number of likely N-dealkylation sites (N-methyl/N-ethyl adjacent to an activating group) is 1. The van der Waals surface area contributed by atoms with E-state index in [-0.39, 0.29) is 10.7 Å². The molecule has 0 aliphatic carbocycles. The van der Waals surface area contributed by atoms with Crippen LogP contribution in [-0.4, -0.2) is 55.9 Å². The number of aliphatic hydroxyl groups excluding tert-OH is 1. The van der Waals surface area contributed by atoms with Crippen LogP contribution in [0.3, 0.4) is 0 Å². The SMILES string of the molecule is CC(=O)c1cccc(S(=O)(=O)N(C)[C@H]2CNC[C@@H]2O)c1. The first-order valence-electron chi connectivity index (χ1n) is 6.32. The van der Waals surface area contributed by atoms with Gasteiger partial charge in [-0.25, -0.2) is 8.42 Å². The number of benzene rings is 1. The highest BCUT2D eigenvalue weighted by atomic mass is 32.2. The molecule has 0 spiro atoms. The number of carbonyl (C=O) groups excluding carboxylic acids is 1. The van der Waals surface area contributed by atoms with Crippen LogP contribution in [-0.2, 0) is 10.0 Å². The Morgan fingerprint density at radius 3 is 2.65 bits per heavy atom. The molecule has 0 bridgehead atoms. The van der Waals surface area contributed by atoms with E-state index in [1.54, 1.807) is 12.1 Å². The molecule has 1 fully saturated rings. The number of nitrogens with zero attached hydrogens (tertiary/aromatic N) is 1. The van der Waals surface area contributed by atoms with Crippen molar-refractivity contribution in [3.63, 3.8) is 0 Å². The van der Waals surface area contributed by atoms with Gasteiger partial charge in [0.2, 0.25) is 10.0 Å². The number of carbonyl (C=O) groups is 1. The van der Waals surface area contributed by atoms with Gasteiger partial charge in [-0.05, 0) is 19.1 Å². The Morgan fingerprint density at radius 1 is 1.40 bits per heavy atom. The van der Waals surface area contributed by atoms with E-state index in [1.807, 2.05) is 0 Å².